The average Bonchev–Trinajstić information content (AvgIpc) is 2.72. The van der Waals surface area contributed by atoms with Gasteiger partial charge in [-0.25, -0.2) is 0 Å². The minimum Gasteiger partial charge on any atom is -0.353 e. The molecule has 2 aliphatic rings. The number of carbonyl (C=O) groups is 1. The lowest BCUT2D eigenvalue weighted by Gasteiger charge is -2.36. The molecule has 2 aliphatic carbocycles. The molecule has 0 spiro atoms. The zero-order chi connectivity index (χ0) is 21.4. The Hall–Kier alpha value is -1.88. The van der Waals surface area contributed by atoms with Crippen molar-refractivity contribution in [1.29, 1.82) is 0 Å². The van der Waals surface area contributed by atoms with E-state index in [2.05, 4.69) is 17.2 Å². The molecule has 0 aromatic carbocycles. The lowest BCUT2D eigenvalue weighted by molar-refractivity contribution is -0.126. The lowest BCUT2D eigenvalue weighted by atomic mass is 9.74. The third-order valence-corrected chi connectivity index (χ3v) is 7.59. The third kappa shape index (κ3) is 4.27. The van der Waals surface area contributed by atoms with Crippen molar-refractivity contribution in [3.63, 3.8) is 0 Å². The first kappa shape index (κ1) is 21.4. The SMILES string of the molecule is Cc1cc2c(cn1)cc(C1CC(NC(=O)C3CCCC(Cl)C3)CCC1C)c(=O)n2C. The van der Waals surface area contributed by atoms with Crippen molar-refractivity contribution in [2.45, 2.75) is 76.1 Å². The van der Waals surface area contributed by atoms with Gasteiger partial charge in [0.05, 0.1) is 5.52 Å². The van der Waals surface area contributed by atoms with E-state index in [1.807, 2.05) is 32.3 Å². The van der Waals surface area contributed by atoms with Gasteiger partial charge in [-0.1, -0.05) is 13.3 Å². The minimum absolute atomic E-state index is 0.0295. The number of carbonyl (C=O) groups excluding carboxylic acids is 1. The molecule has 4 rings (SSSR count). The van der Waals surface area contributed by atoms with Crippen molar-refractivity contribution in [2.75, 3.05) is 0 Å². The predicted octanol–water partition coefficient (Wildman–Crippen LogP) is 4.43. The number of halogens is 1. The molecule has 0 bridgehead atoms. The summed E-state index contributed by atoms with van der Waals surface area (Å²) in [6.07, 6.45) is 8.37. The Labute approximate surface area is 183 Å². The van der Waals surface area contributed by atoms with Crippen molar-refractivity contribution in [1.82, 2.24) is 14.9 Å². The molecule has 2 saturated carbocycles. The molecule has 2 aromatic rings. The maximum absolute atomic E-state index is 13.2. The number of nitrogens with one attached hydrogen (secondary N) is 1. The Morgan fingerprint density at radius 3 is 2.77 bits per heavy atom. The number of hydrogen-bond donors (Lipinski definition) is 1. The van der Waals surface area contributed by atoms with Gasteiger partial charge in [0, 0.05) is 47.2 Å². The molecular weight excluding hydrogens is 398 g/mol. The van der Waals surface area contributed by atoms with E-state index in [1.54, 1.807) is 4.57 Å². The normalized spacial score (nSPS) is 29.7. The molecule has 0 saturated heterocycles. The van der Waals surface area contributed by atoms with Crippen molar-refractivity contribution in [3.8, 4) is 0 Å². The Balaban J connectivity index is 1.55. The number of amides is 1. The quantitative estimate of drug-likeness (QED) is 0.734. The summed E-state index contributed by atoms with van der Waals surface area (Å²) in [6.45, 7) is 4.16. The summed E-state index contributed by atoms with van der Waals surface area (Å²) in [5, 5.41) is 4.40. The largest absolute Gasteiger partial charge is 0.353 e. The fraction of sp³-hybridized carbons (Fsp3) is 0.625. The summed E-state index contributed by atoms with van der Waals surface area (Å²) in [4.78, 5) is 30.4. The van der Waals surface area contributed by atoms with Crippen LogP contribution in [-0.4, -0.2) is 26.9 Å². The van der Waals surface area contributed by atoms with E-state index >= 15 is 0 Å². The second-order valence-corrected chi connectivity index (χ2v) is 10.0. The van der Waals surface area contributed by atoms with Crippen LogP contribution >= 0.6 is 11.6 Å². The number of aromatic nitrogens is 2. The van der Waals surface area contributed by atoms with Gasteiger partial charge in [-0.05, 0) is 69.4 Å². The van der Waals surface area contributed by atoms with E-state index in [9.17, 15) is 9.59 Å². The number of pyridine rings is 2. The number of fused-ring (bicyclic) bond motifs is 1. The molecule has 1 amide bonds. The smallest absolute Gasteiger partial charge is 0.254 e. The van der Waals surface area contributed by atoms with Gasteiger partial charge in [0.1, 0.15) is 0 Å². The van der Waals surface area contributed by atoms with E-state index in [4.69, 9.17) is 11.6 Å². The Morgan fingerprint density at radius 2 is 2.00 bits per heavy atom. The molecule has 6 heteroatoms. The van der Waals surface area contributed by atoms with E-state index in [1.165, 1.54) is 0 Å². The summed E-state index contributed by atoms with van der Waals surface area (Å²) in [7, 11) is 1.84. The summed E-state index contributed by atoms with van der Waals surface area (Å²) < 4.78 is 1.75. The monoisotopic (exact) mass is 429 g/mol. The molecule has 5 atom stereocenters. The van der Waals surface area contributed by atoms with Gasteiger partial charge >= 0.3 is 0 Å². The maximum Gasteiger partial charge on any atom is 0.254 e. The third-order valence-electron chi connectivity index (χ3n) is 7.20. The van der Waals surface area contributed by atoms with Gasteiger partial charge in [0.2, 0.25) is 5.91 Å². The van der Waals surface area contributed by atoms with Crippen LogP contribution in [0.15, 0.2) is 23.1 Å². The van der Waals surface area contributed by atoms with Crippen molar-refractivity contribution in [2.24, 2.45) is 18.9 Å². The van der Waals surface area contributed by atoms with Gasteiger partial charge in [0.15, 0.2) is 0 Å². The molecule has 2 aromatic heterocycles. The number of alkyl halides is 1. The first-order valence-corrected chi connectivity index (χ1v) is 11.7. The Morgan fingerprint density at radius 1 is 1.20 bits per heavy atom. The summed E-state index contributed by atoms with van der Waals surface area (Å²) in [5.74, 6) is 0.718. The van der Waals surface area contributed by atoms with Gasteiger partial charge in [-0.2, -0.15) is 0 Å². The van der Waals surface area contributed by atoms with Crippen LogP contribution in [0.4, 0.5) is 0 Å². The van der Waals surface area contributed by atoms with Gasteiger partial charge < -0.3 is 9.88 Å². The van der Waals surface area contributed by atoms with Crippen LogP contribution in [0.1, 0.15) is 69.0 Å². The highest BCUT2D eigenvalue weighted by Crippen LogP contribution is 2.37. The lowest BCUT2D eigenvalue weighted by Crippen LogP contribution is -2.44. The van der Waals surface area contributed by atoms with Crippen LogP contribution in [0, 0.1) is 18.8 Å². The zero-order valence-electron chi connectivity index (χ0n) is 18.2. The maximum atomic E-state index is 13.2. The molecular formula is C24H32ClN3O2. The summed E-state index contributed by atoms with van der Waals surface area (Å²) >= 11 is 6.29. The molecule has 0 aliphatic heterocycles. The van der Waals surface area contributed by atoms with E-state index in [0.29, 0.717) is 5.92 Å². The Bertz CT molecular complexity index is 1000. The van der Waals surface area contributed by atoms with Crippen molar-refractivity contribution in [3.05, 3.63) is 39.9 Å². The van der Waals surface area contributed by atoms with Gasteiger partial charge in [-0.15, -0.1) is 11.6 Å². The molecule has 2 heterocycles. The highest BCUT2D eigenvalue weighted by atomic mass is 35.5. The molecule has 30 heavy (non-hydrogen) atoms. The second kappa shape index (κ2) is 8.70. The number of rotatable bonds is 3. The first-order valence-electron chi connectivity index (χ1n) is 11.2. The Kier molecular flexibility index (Phi) is 6.19. The van der Waals surface area contributed by atoms with Crippen LogP contribution in [0.5, 0.6) is 0 Å². The second-order valence-electron chi connectivity index (χ2n) is 9.41. The number of hydrogen-bond acceptors (Lipinski definition) is 3. The fourth-order valence-corrected chi connectivity index (χ4v) is 5.70. The van der Waals surface area contributed by atoms with Crippen LogP contribution in [0.3, 0.4) is 0 Å². The minimum atomic E-state index is 0.0295. The molecule has 5 unspecified atom stereocenters. The van der Waals surface area contributed by atoms with E-state index < -0.39 is 0 Å². The van der Waals surface area contributed by atoms with Crippen molar-refractivity contribution < 1.29 is 4.79 Å². The van der Waals surface area contributed by atoms with Gasteiger partial charge in [-0.3, -0.25) is 14.6 Å². The molecule has 1 N–H and O–H groups in total. The number of aryl methyl sites for hydroxylation is 2. The highest BCUT2D eigenvalue weighted by Gasteiger charge is 2.34. The topological polar surface area (TPSA) is 64.0 Å². The standard InChI is InChI=1S/C24H32ClN3O2/c1-14-7-8-19(27-23(29)16-5-4-6-18(25)10-16)12-20(14)21-11-17-13-26-15(2)9-22(17)28(3)24(21)30/h9,11,13-14,16,18-20H,4-8,10,12H2,1-3H3,(H,27,29). The summed E-state index contributed by atoms with van der Waals surface area (Å²) in [5.41, 5.74) is 2.73. The predicted molar refractivity (Wildman–Crippen MR) is 121 cm³/mol. The van der Waals surface area contributed by atoms with E-state index in [0.717, 1.165) is 67.1 Å². The molecule has 2 fully saturated rings. The van der Waals surface area contributed by atoms with Crippen LogP contribution in [0.2, 0.25) is 0 Å². The molecule has 0 radical (unpaired) electrons. The first-order chi connectivity index (χ1) is 14.3. The van der Waals surface area contributed by atoms with E-state index in [-0.39, 0.29) is 34.7 Å². The van der Waals surface area contributed by atoms with Crippen LogP contribution in [0.25, 0.3) is 10.9 Å². The summed E-state index contributed by atoms with van der Waals surface area (Å²) in [6, 6.07) is 4.10. The zero-order valence-corrected chi connectivity index (χ0v) is 18.9. The fourth-order valence-electron chi connectivity index (χ4n) is 5.33. The van der Waals surface area contributed by atoms with Crippen molar-refractivity contribution >= 4 is 28.4 Å². The van der Waals surface area contributed by atoms with Gasteiger partial charge in [0.25, 0.3) is 5.56 Å². The molecule has 5 nitrogen and oxygen atoms in total. The van der Waals surface area contributed by atoms with Crippen LogP contribution in [-0.2, 0) is 11.8 Å². The highest BCUT2D eigenvalue weighted by molar-refractivity contribution is 6.20. The average molecular weight is 430 g/mol. The molecule has 162 valence electrons. The van der Waals surface area contributed by atoms with Crippen LogP contribution < -0.4 is 10.9 Å². The number of nitrogens with zero attached hydrogens (tertiary/aromatic N) is 2.